The maximum absolute atomic E-state index is 4.66. The van der Waals surface area contributed by atoms with Gasteiger partial charge in [0, 0.05) is 0 Å². The van der Waals surface area contributed by atoms with Crippen molar-refractivity contribution >= 4 is 45.2 Å². The van der Waals surface area contributed by atoms with Crippen molar-refractivity contribution in [2.75, 3.05) is 13.1 Å². The minimum absolute atomic E-state index is 0.663. The maximum Gasteiger partial charge on any atom is 0.261 e. The summed E-state index contributed by atoms with van der Waals surface area (Å²) in [6.45, 7) is 6.72. The highest BCUT2D eigenvalue weighted by Gasteiger charge is 2.22. The number of benzene rings is 1. The first kappa shape index (κ1) is 14.1. The lowest BCUT2D eigenvalue weighted by Gasteiger charge is -1.97. The van der Waals surface area contributed by atoms with Crippen LogP contribution in [0.1, 0.15) is 13.8 Å². The summed E-state index contributed by atoms with van der Waals surface area (Å²) in [6.07, 6.45) is 0. The van der Waals surface area contributed by atoms with E-state index in [1.165, 1.54) is 0 Å². The number of hydrogen-bond donors (Lipinski definition) is 2. The first-order chi connectivity index (χ1) is 9.69. The molecule has 0 aliphatic carbocycles. The molecular weight excluding hydrogens is 288 g/mol. The Morgan fingerprint density at radius 2 is 1.25 bits per heavy atom. The van der Waals surface area contributed by atoms with Crippen LogP contribution in [0, 0.1) is 0 Å². The quantitative estimate of drug-likeness (QED) is 0.858. The normalized spacial score (nSPS) is 30.5. The van der Waals surface area contributed by atoms with Gasteiger partial charge < -0.3 is 0 Å². The molecule has 2 heterocycles. The van der Waals surface area contributed by atoms with E-state index >= 15 is 0 Å². The number of hydrogen-bond acceptors (Lipinski definition) is 4. The van der Waals surface area contributed by atoms with Crippen molar-refractivity contribution in [1.29, 1.82) is 0 Å². The van der Waals surface area contributed by atoms with Gasteiger partial charge in [0.15, 0.2) is 0 Å². The van der Waals surface area contributed by atoms with Crippen molar-refractivity contribution in [2.24, 2.45) is 9.98 Å². The third kappa shape index (κ3) is 3.63. The number of amidine groups is 2. The summed E-state index contributed by atoms with van der Waals surface area (Å²) in [5, 5.41) is 8.05. The van der Waals surface area contributed by atoms with Crippen molar-refractivity contribution in [3.8, 4) is 0 Å². The van der Waals surface area contributed by atoms with Gasteiger partial charge in [0.25, 0.3) is 10.3 Å². The largest absolute Gasteiger partial charge is 0.290 e. The third-order valence-electron chi connectivity index (χ3n) is 3.22. The van der Waals surface area contributed by atoms with E-state index in [-0.39, 0.29) is 0 Å². The molecule has 2 atom stereocenters. The molecule has 2 saturated heterocycles. The lowest BCUT2D eigenvalue weighted by atomic mass is 10.3. The number of quaternary nitrogens is 2. The molecule has 2 aliphatic rings. The molecule has 0 saturated carbocycles. The minimum Gasteiger partial charge on any atom is -0.290 e. The van der Waals surface area contributed by atoms with E-state index < -0.39 is 0 Å². The summed E-state index contributed by atoms with van der Waals surface area (Å²) in [5.74, 6) is 0. The minimum atomic E-state index is 0.663. The van der Waals surface area contributed by atoms with Crippen LogP contribution in [0.15, 0.2) is 34.3 Å². The second-order valence-corrected chi connectivity index (χ2v) is 8.07. The molecule has 20 heavy (non-hydrogen) atoms. The third-order valence-corrected chi connectivity index (χ3v) is 5.41. The average Bonchev–Trinajstić information content (AvgIpc) is 3.01. The first-order valence-corrected chi connectivity index (χ1v) is 8.72. The van der Waals surface area contributed by atoms with Gasteiger partial charge in [0.05, 0.1) is 35.0 Å². The first-order valence-electron chi connectivity index (χ1n) is 6.96. The zero-order valence-electron chi connectivity index (χ0n) is 11.7. The van der Waals surface area contributed by atoms with Gasteiger partial charge in [-0.25, -0.2) is 0 Å². The summed E-state index contributed by atoms with van der Waals surface area (Å²) in [7, 11) is 0. The maximum atomic E-state index is 4.66. The monoisotopic (exact) mass is 308 g/mol. The molecule has 4 nitrogen and oxygen atoms in total. The van der Waals surface area contributed by atoms with Gasteiger partial charge in [0.2, 0.25) is 0 Å². The van der Waals surface area contributed by atoms with Crippen molar-refractivity contribution in [3.05, 3.63) is 24.3 Å². The molecule has 2 unspecified atom stereocenters. The Morgan fingerprint density at radius 1 is 0.850 bits per heavy atom. The summed E-state index contributed by atoms with van der Waals surface area (Å²) in [6, 6.07) is 8.19. The van der Waals surface area contributed by atoms with Gasteiger partial charge in [-0.1, -0.05) is 0 Å². The van der Waals surface area contributed by atoms with Crippen LogP contribution in [-0.2, 0) is 0 Å². The highest BCUT2D eigenvalue weighted by atomic mass is 32.2. The van der Waals surface area contributed by atoms with Gasteiger partial charge in [0.1, 0.15) is 0 Å². The zero-order chi connectivity index (χ0) is 13.9. The number of nitrogens with two attached hydrogens (primary N) is 2. The van der Waals surface area contributed by atoms with Crippen LogP contribution >= 0.6 is 23.5 Å². The molecule has 106 valence electrons. The van der Waals surface area contributed by atoms with Crippen LogP contribution in [0.3, 0.4) is 0 Å². The van der Waals surface area contributed by atoms with E-state index in [9.17, 15) is 0 Å². The van der Waals surface area contributed by atoms with E-state index in [4.69, 9.17) is 0 Å². The van der Waals surface area contributed by atoms with Crippen LogP contribution in [-0.4, -0.2) is 33.9 Å². The Balaban J connectivity index is 1.69. The fourth-order valence-corrected chi connectivity index (χ4v) is 4.05. The second kappa shape index (κ2) is 6.30. The Hall–Kier alpha value is -0.820. The van der Waals surface area contributed by atoms with Crippen molar-refractivity contribution in [2.45, 2.75) is 24.3 Å². The molecule has 0 bridgehead atoms. The highest BCUT2D eigenvalue weighted by Crippen LogP contribution is 2.23. The Labute approximate surface area is 127 Å². The van der Waals surface area contributed by atoms with Crippen molar-refractivity contribution < 1.29 is 10.6 Å². The molecule has 4 N–H and O–H groups in total. The van der Waals surface area contributed by atoms with Crippen molar-refractivity contribution in [3.63, 3.8) is 0 Å². The molecule has 0 spiro atoms. The highest BCUT2D eigenvalue weighted by molar-refractivity contribution is 8.14. The van der Waals surface area contributed by atoms with Gasteiger partial charge >= 0.3 is 0 Å². The standard InChI is InChI=1S/C14H18N4S2/c1-9-7-15-13(19-9)17-11-3-5-12(6-4-11)18-14-16-8-10(2)20-14/h3-6,9-10H,7-8H2,1-2H3,(H,15,17)(H,16,18)/p+2. The SMILES string of the molecule is CC1C[NH2+]C(=Nc2ccc(N=C3[NH2+]CC(C)S3)cc2)S1. The summed E-state index contributed by atoms with van der Waals surface area (Å²) < 4.78 is 0. The van der Waals surface area contributed by atoms with E-state index in [0.717, 1.165) is 34.8 Å². The van der Waals surface area contributed by atoms with Gasteiger partial charge in [-0.05, 0) is 61.6 Å². The number of rotatable bonds is 2. The van der Waals surface area contributed by atoms with Crippen LogP contribution in [0.5, 0.6) is 0 Å². The Kier molecular flexibility index (Phi) is 4.45. The molecular formula is C14H20N4S2+2. The molecule has 2 aliphatic heterocycles. The molecule has 1 aromatic rings. The van der Waals surface area contributed by atoms with E-state index in [0.29, 0.717) is 10.5 Å². The topological polar surface area (TPSA) is 57.9 Å². The fraction of sp³-hybridized carbons (Fsp3) is 0.429. The number of thioether (sulfide) groups is 2. The predicted molar refractivity (Wildman–Crippen MR) is 88.3 cm³/mol. The number of nitrogens with zero attached hydrogens (tertiary/aromatic N) is 2. The van der Waals surface area contributed by atoms with Crippen LogP contribution in [0.25, 0.3) is 0 Å². The van der Waals surface area contributed by atoms with Gasteiger partial charge in [-0.15, -0.1) is 0 Å². The van der Waals surface area contributed by atoms with Crippen LogP contribution in [0.4, 0.5) is 11.4 Å². The van der Waals surface area contributed by atoms with E-state index in [1.54, 1.807) is 0 Å². The smallest absolute Gasteiger partial charge is 0.261 e. The lowest BCUT2D eigenvalue weighted by Crippen LogP contribution is -2.84. The Bertz CT molecular complexity index is 490. The Morgan fingerprint density at radius 3 is 1.55 bits per heavy atom. The van der Waals surface area contributed by atoms with Gasteiger partial charge in [-0.2, -0.15) is 9.98 Å². The predicted octanol–water partition coefficient (Wildman–Crippen LogP) is 1.06. The summed E-state index contributed by atoms with van der Waals surface area (Å²) in [5.41, 5.74) is 2.02. The molecule has 0 radical (unpaired) electrons. The molecule has 1 aromatic carbocycles. The van der Waals surface area contributed by atoms with Crippen LogP contribution < -0.4 is 10.6 Å². The van der Waals surface area contributed by atoms with Gasteiger partial charge in [-0.3, -0.25) is 10.6 Å². The molecule has 6 heteroatoms. The second-order valence-electron chi connectivity index (χ2n) is 5.15. The molecule has 0 aromatic heterocycles. The fourth-order valence-electron chi connectivity index (χ4n) is 2.14. The van der Waals surface area contributed by atoms with E-state index in [1.807, 2.05) is 47.8 Å². The van der Waals surface area contributed by atoms with Crippen molar-refractivity contribution in [1.82, 2.24) is 0 Å². The average molecular weight is 308 g/mol. The van der Waals surface area contributed by atoms with Crippen LogP contribution in [0.2, 0.25) is 0 Å². The molecule has 2 fully saturated rings. The molecule has 0 amide bonds. The lowest BCUT2D eigenvalue weighted by molar-refractivity contribution is -0.528. The zero-order valence-corrected chi connectivity index (χ0v) is 13.4. The summed E-state index contributed by atoms with van der Waals surface area (Å²) in [4.78, 5) is 9.31. The number of aliphatic imine (C=N–C) groups is 2. The van der Waals surface area contributed by atoms with E-state index in [2.05, 4.69) is 34.5 Å². The molecule has 3 rings (SSSR count). The summed E-state index contributed by atoms with van der Waals surface area (Å²) >= 11 is 3.70.